The minimum atomic E-state index is -0.0654. The normalized spacial score (nSPS) is 10.9. The van der Waals surface area contributed by atoms with Gasteiger partial charge in [0.15, 0.2) is 4.77 Å². The highest BCUT2D eigenvalue weighted by molar-refractivity contribution is 7.71. The molecule has 0 spiro atoms. The molecule has 3 rings (SSSR count). The van der Waals surface area contributed by atoms with Crippen molar-refractivity contribution in [1.29, 1.82) is 0 Å². The van der Waals surface area contributed by atoms with Crippen LogP contribution in [0.4, 0.5) is 0 Å². The van der Waals surface area contributed by atoms with Gasteiger partial charge in [-0.05, 0) is 42.6 Å². The zero-order valence-electron chi connectivity index (χ0n) is 15.0. The number of unbranched alkanes of at least 4 members (excludes halogenated alkanes) is 1. The molecule has 2 heterocycles. The predicted octanol–water partition coefficient (Wildman–Crippen LogP) is 3.62. The number of aromatic nitrogens is 2. The van der Waals surface area contributed by atoms with Gasteiger partial charge in [-0.1, -0.05) is 18.2 Å². The molecule has 0 radical (unpaired) electrons. The number of benzene rings is 1. The second kappa shape index (κ2) is 8.96. The molecule has 0 bridgehead atoms. The van der Waals surface area contributed by atoms with Crippen LogP contribution in [0.25, 0.3) is 10.2 Å². The number of nitrogens with zero attached hydrogens (tertiary/aromatic N) is 1. The summed E-state index contributed by atoms with van der Waals surface area (Å²) in [6.45, 7) is 0.935. The molecular weight excluding hydrogens is 382 g/mol. The van der Waals surface area contributed by atoms with E-state index in [1.54, 1.807) is 11.7 Å². The first-order valence-electron chi connectivity index (χ1n) is 8.69. The minimum Gasteiger partial charge on any atom is -0.496 e. The van der Waals surface area contributed by atoms with Gasteiger partial charge in [0.2, 0.25) is 5.91 Å². The first-order valence-corrected chi connectivity index (χ1v) is 9.98. The zero-order valence-corrected chi connectivity index (χ0v) is 16.6. The predicted molar refractivity (Wildman–Crippen MR) is 110 cm³/mol. The Labute approximate surface area is 165 Å². The van der Waals surface area contributed by atoms with E-state index in [1.165, 1.54) is 11.3 Å². The van der Waals surface area contributed by atoms with Crippen molar-refractivity contribution in [1.82, 2.24) is 14.9 Å². The van der Waals surface area contributed by atoms with Gasteiger partial charge in [0, 0.05) is 25.1 Å². The number of aromatic amines is 1. The Bertz CT molecular complexity index is 1050. The maximum atomic E-state index is 12.5. The molecule has 0 aliphatic rings. The number of methoxy groups -OCH3 is 1. The average molecular weight is 404 g/mol. The van der Waals surface area contributed by atoms with Crippen LogP contribution < -0.4 is 15.6 Å². The number of amides is 1. The molecule has 1 amide bonds. The fourth-order valence-electron chi connectivity index (χ4n) is 2.86. The van der Waals surface area contributed by atoms with Gasteiger partial charge >= 0.3 is 0 Å². The summed E-state index contributed by atoms with van der Waals surface area (Å²) in [5.41, 5.74) is 1.65. The summed E-state index contributed by atoms with van der Waals surface area (Å²) >= 11 is 6.68. The monoisotopic (exact) mass is 403 g/mol. The summed E-state index contributed by atoms with van der Waals surface area (Å²) in [6.07, 6.45) is 1.79. The van der Waals surface area contributed by atoms with Crippen molar-refractivity contribution in [3.8, 4) is 5.75 Å². The van der Waals surface area contributed by atoms with Crippen LogP contribution in [0.1, 0.15) is 24.8 Å². The van der Waals surface area contributed by atoms with Crippen LogP contribution in [0.3, 0.4) is 0 Å². The van der Waals surface area contributed by atoms with Gasteiger partial charge in [0.25, 0.3) is 5.56 Å². The van der Waals surface area contributed by atoms with Crippen molar-refractivity contribution < 1.29 is 9.53 Å². The van der Waals surface area contributed by atoms with Crippen molar-refractivity contribution >= 4 is 39.7 Å². The average Bonchev–Trinajstić information content (AvgIpc) is 3.14. The van der Waals surface area contributed by atoms with E-state index in [-0.39, 0.29) is 11.5 Å². The second-order valence-corrected chi connectivity index (χ2v) is 7.40. The van der Waals surface area contributed by atoms with E-state index in [1.807, 2.05) is 35.7 Å². The van der Waals surface area contributed by atoms with E-state index >= 15 is 0 Å². The number of rotatable bonds is 8. The van der Waals surface area contributed by atoms with Crippen molar-refractivity contribution in [2.24, 2.45) is 0 Å². The molecule has 2 N–H and O–H groups in total. The third-order valence-electron chi connectivity index (χ3n) is 4.30. The van der Waals surface area contributed by atoms with E-state index in [0.717, 1.165) is 16.8 Å². The molecule has 2 aromatic heterocycles. The summed E-state index contributed by atoms with van der Waals surface area (Å²) in [6, 6.07) is 9.45. The number of hydrogen-bond acceptors (Lipinski definition) is 5. The number of ether oxygens (including phenoxy) is 1. The molecule has 8 heteroatoms. The van der Waals surface area contributed by atoms with Gasteiger partial charge in [-0.15, -0.1) is 11.3 Å². The Kier molecular flexibility index (Phi) is 6.41. The van der Waals surface area contributed by atoms with Crippen LogP contribution in [0, 0.1) is 4.77 Å². The van der Waals surface area contributed by atoms with E-state index in [9.17, 15) is 9.59 Å². The molecule has 0 saturated heterocycles. The van der Waals surface area contributed by atoms with E-state index in [4.69, 9.17) is 17.0 Å². The van der Waals surface area contributed by atoms with Crippen LogP contribution in [-0.4, -0.2) is 22.6 Å². The third-order valence-corrected chi connectivity index (χ3v) is 5.52. The highest BCUT2D eigenvalue weighted by atomic mass is 32.1. The number of fused-ring (bicyclic) bond motifs is 1. The van der Waals surface area contributed by atoms with Crippen LogP contribution >= 0.6 is 23.6 Å². The maximum absolute atomic E-state index is 12.5. The molecule has 0 aliphatic carbocycles. The molecule has 0 unspecified atom stereocenters. The molecule has 6 nitrogen and oxygen atoms in total. The smallest absolute Gasteiger partial charge is 0.272 e. The molecule has 0 aliphatic heterocycles. The molecule has 1 aromatic carbocycles. The lowest BCUT2D eigenvalue weighted by atomic mass is 10.2. The third kappa shape index (κ3) is 4.64. The quantitative estimate of drug-likeness (QED) is 0.445. The Balaban J connectivity index is 1.48. The molecule has 27 heavy (non-hydrogen) atoms. The molecule has 0 fully saturated rings. The Morgan fingerprint density at radius 3 is 2.93 bits per heavy atom. The van der Waals surface area contributed by atoms with Gasteiger partial charge in [-0.25, -0.2) is 0 Å². The van der Waals surface area contributed by atoms with E-state index < -0.39 is 0 Å². The number of para-hydroxylation sites is 1. The second-order valence-electron chi connectivity index (χ2n) is 6.10. The van der Waals surface area contributed by atoms with Crippen molar-refractivity contribution in [2.45, 2.75) is 32.4 Å². The van der Waals surface area contributed by atoms with Crippen molar-refractivity contribution in [3.05, 3.63) is 56.4 Å². The SMILES string of the molecule is COc1ccccc1CNC(=O)CCCCn1c(=S)[nH]c2ccsc2c1=O. The largest absolute Gasteiger partial charge is 0.496 e. The number of thiophene rings is 1. The maximum Gasteiger partial charge on any atom is 0.272 e. The number of H-pyrrole nitrogens is 1. The van der Waals surface area contributed by atoms with Gasteiger partial charge in [0.05, 0.1) is 12.6 Å². The molecule has 3 aromatic rings. The van der Waals surface area contributed by atoms with Gasteiger partial charge in [-0.3, -0.25) is 14.2 Å². The highest BCUT2D eigenvalue weighted by Gasteiger charge is 2.08. The number of carbonyl (C=O) groups excluding carboxylic acids is 1. The fourth-order valence-corrected chi connectivity index (χ4v) is 3.94. The van der Waals surface area contributed by atoms with Gasteiger partial charge < -0.3 is 15.0 Å². The standard InChI is InChI=1S/C19H21N3O3S2/c1-25-15-7-3-2-6-13(15)12-20-16(23)8-4-5-10-22-18(24)17-14(9-11-27-17)21-19(22)26/h2-3,6-7,9,11H,4-5,8,10,12H2,1H3,(H,20,23)(H,21,26). The Morgan fingerprint density at radius 2 is 2.11 bits per heavy atom. The van der Waals surface area contributed by atoms with Crippen LogP contribution in [0.5, 0.6) is 5.75 Å². The summed E-state index contributed by atoms with van der Waals surface area (Å²) in [7, 11) is 1.61. The first-order chi connectivity index (χ1) is 13.1. The molecule has 0 atom stereocenters. The lowest BCUT2D eigenvalue weighted by Gasteiger charge is -2.10. The van der Waals surface area contributed by atoms with Crippen molar-refractivity contribution in [2.75, 3.05) is 7.11 Å². The van der Waals surface area contributed by atoms with E-state index in [0.29, 0.717) is 41.8 Å². The van der Waals surface area contributed by atoms with Crippen LogP contribution in [-0.2, 0) is 17.9 Å². The summed E-state index contributed by atoms with van der Waals surface area (Å²) < 4.78 is 7.95. The van der Waals surface area contributed by atoms with E-state index in [2.05, 4.69) is 10.3 Å². The molecule has 0 saturated carbocycles. The number of hydrogen-bond donors (Lipinski definition) is 2. The topological polar surface area (TPSA) is 76.1 Å². The Hall–Kier alpha value is -2.45. The molecular formula is C19H21N3O3S2. The number of carbonyl (C=O) groups is 1. The van der Waals surface area contributed by atoms with Crippen LogP contribution in [0.2, 0.25) is 0 Å². The molecule has 142 valence electrons. The summed E-state index contributed by atoms with van der Waals surface area (Å²) in [4.78, 5) is 27.6. The fraction of sp³-hybridized carbons (Fsp3) is 0.316. The van der Waals surface area contributed by atoms with Gasteiger partial charge in [-0.2, -0.15) is 0 Å². The van der Waals surface area contributed by atoms with Crippen molar-refractivity contribution in [3.63, 3.8) is 0 Å². The lowest BCUT2D eigenvalue weighted by molar-refractivity contribution is -0.121. The van der Waals surface area contributed by atoms with Gasteiger partial charge in [0.1, 0.15) is 10.4 Å². The Morgan fingerprint density at radius 1 is 1.30 bits per heavy atom. The number of nitrogens with one attached hydrogen (secondary N) is 2. The zero-order chi connectivity index (χ0) is 19.2. The summed E-state index contributed by atoms with van der Waals surface area (Å²) in [5.74, 6) is 0.738. The van der Waals surface area contributed by atoms with Crippen LogP contribution in [0.15, 0.2) is 40.5 Å². The highest BCUT2D eigenvalue weighted by Crippen LogP contribution is 2.17. The first kappa shape index (κ1) is 19.3. The minimum absolute atomic E-state index is 0.0212. The summed E-state index contributed by atoms with van der Waals surface area (Å²) in [5, 5.41) is 4.77. The lowest BCUT2D eigenvalue weighted by Crippen LogP contribution is -2.23.